The maximum Gasteiger partial charge on any atom is 0.344 e. The highest BCUT2D eigenvalue weighted by molar-refractivity contribution is 6.06. The Balaban J connectivity index is 1.62. The Hall–Kier alpha value is -3.18. The quantitative estimate of drug-likeness (QED) is 0.442. The molecular weight excluding hydrogens is 340 g/mol. The molecule has 2 aromatic carbocycles. The lowest BCUT2D eigenvalue weighted by molar-refractivity contribution is -0.945. The van der Waals surface area contributed by atoms with Gasteiger partial charge in [0, 0.05) is 34.5 Å². The Morgan fingerprint density at radius 2 is 1.96 bits per heavy atom. The molecule has 1 unspecified atom stereocenters. The molecule has 2 aromatic heterocycles. The SMILES string of the molecule is Cc1c2c(cc3c1oc(=O)c1ccccc13)C[NH+](Cc1cccnc1)CO2. The van der Waals surface area contributed by atoms with Gasteiger partial charge in [0.25, 0.3) is 0 Å². The first kappa shape index (κ1) is 16.0. The van der Waals surface area contributed by atoms with Gasteiger partial charge in [-0.05, 0) is 30.5 Å². The number of pyridine rings is 1. The molecule has 5 rings (SSSR count). The van der Waals surface area contributed by atoms with Crippen molar-refractivity contribution in [1.29, 1.82) is 0 Å². The van der Waals surface area contributed by atoms with Crippen LogP contribution >= 0.6 is 0 Å². The number of ether oxygens (including phenoxy) is 1. The molecule has 0 saturated heterocycles. The molecule has 3 heterocycles. The number of benzene rings is 2. The van der Waals surface area contributed by atoms with Crippen molar-refractivity contribution < 1.29 is 14.1 Å². The Morgan fingerprint density at radius 1 is 1.11 bits per heavy atom. The van der Waals surface area contributed by atoms with Gasteiger partial charge in [-0.3, -0.25) is 9.88 Å². The van der Waals surface area contributed by atoms with Crippen LogP contribution in [-0.2, 0) is 13.1 Å². The lowest BCUT2D eigenvalue weighted by atomic mass is 10.00. The molecule has 1 aliphatic heterocycles. The van der Waals surface area contributed by atoms with E-state index in [9.17, 15) is 4.79 Å². The molecule has 5 heteroatoms. The van der Waals surface area contributed by atoms with Gasteiger partial charge in [0.2, 0.25) is 6.73 Å². The highest BCUT2D eigenvalue weighted by Gasteiger charge is 2.25. The summed E-state index contributed by atoms with van der Waals surface area (Å²) in [5, 5.41) is 2.50. The molecule has 0 radical (unpaired) electrons. The van der Waals surface area contributed by atoms with Crippen LogP contribution in [0.3, 0.4) is 0 Å². The number of hydrogen-bond donors (Lipinski definition) is 1. The van der Waals surface area contributed by atoms with Gasteiger partial charge in [-0.15, -0.1) is 0 Å². The maximum absolute atomic E-state index is 12.4. The zero-order valence-corrected chi connectivity index (χ0v) is 15.0. The van der Waals surface area contributed by atoms with Crippen molar-refractivity contribution in [2.75, 3.05) is 6.73 Å². The van der Waals surface area contributed by atoms with E-state index in [-0.39, 0.29) is 5.63 Å². The van der Waals surface area contributed by atoms with Crippen LogP contribution < -0.4 is 15.3 Å². The zero-order chi connectivity index (χ0) is 18.4. The average molecular weight is 359 g/mol. The Bertz CT molecular complexity index is 1220. The predicted molar refractivity (Wildman–Crippen MR) is 103 cm³/mol. The number of nitrogens with one attached hydrogen (secondary N) is 1. The summed E-state index contributed by atoms with van der Waals surface area (Å²) < 4.78 is 11.7. The summed E-state index contributed by atoms with van der Waals surface area (Å²) in [6, 6.07) is 13.8. The fourth-order valence-electron chi connectivity index (χ4n) is 3.96. The average Bonchev–Trinajstić information content (AvgIpc) is 2.70. The molecule has 5 nitrogen and oxygen atoms in total. The number of aryl methyl sites for hydroxylation is 1. The first-order valence-corrected chi connectivity index (χ1v) is 9.04. The van der Waals surface area contributed by atoms with Crippen LogP contribution in [0, 0.1) is 6.92 Å². The molecule has 27 heavy (non-hydrogen) atoms. The van der Waals surface area contributed by atoms with Gasteiger partial charge in [-0.2, -0.15) is 0 Å². The fourth-order valence-corrected chi connectivity index (χ4v) is 3.96. The van der Waals surface area contributed by atoms with Crippen molar-refractivity contribution in [2.45, 2.75) is 20.0 Å². The van der Waals surface area contributed by atoms with E-state index >= 15 is 0 Å². The molecular formula is C22H19N2O3+. The maximum atomic E-state index is 12.4. The van der Waals surface area contributed by atoms with Crippen molar-refractivity contribution in [3.05, 3.63) is 82.0 Å². The number of fused-ring (bicyclic) bond motifs is 4. The molecule has 134 valence electrons. The molecule has 0 aliphatic carbocycles. The Labute approximate surface area is 155 Å². The van der Waals surface area contributed by atoms with Crippen molar-refractivity contribution in [3.63, 3.8) is 0 Å². The van der Waals surface area contributed by atoms with Gasteiger partial charge in [0.1, 0.15) is 24.4 Å². The van der Waals surface area contributed by atoms with Gasteiger partial charge in [0.05, 0.1) is 5.39 Å². The minimum Gasteiger partial charge on any atom is -0.444 e. The van der Waals surface area contributed by atoms with E-state index < -0.39 is 0 Å². The van der Waals surface area contributed by atoms with Crippen molar-refractivity contribution >= 4 is 21.7 Å². The molecule has 0 saturated carbocycles. The number of rotatable bonds is 2. The molecule has 0 fully saturated rings. The first-order valence-electron chi connectivity index (χ1n) is 9.04. The molecule has 1 N–H and O–H groups in total. The second-order valence-corrected chi connectivity index (χ2v) is 7.06. The summed E-state index contributed by atoms with van der Waals surface area (Å²) >= 11 is 0. The Kier molecular flexibility index (Phi) is 3.69. The second-order valence-electron chi connectivity index (χ2n) is 7.06. The highest BCUT2D eigenvalue weighted by Crippen LogP contribution is 2.34. The van der Waals surface area contributed by atoms with E-state index in [0.717, 1.165) is 40.7 Å². The van der Waals surface area contributed by atoms with E-state index in [1.807, 2.05) is 43.5 Å². The predicted octanol–water partition coefficient (Wildman–Crippen LogP) is 2.58. The number of hydrogen-bond acceptors (Lipinski definition) is 4. The fraction of sp³-hybridized carbons (Fsp3) is 0.182. The molecule has 1 aliphatic rings. The molecule has 4 aromatic rings. The summed E-state index contributed by atoms with van der Waals surface area (Å²) in [4.78, 5) is 17.9. The summed E-state index contributed by atoms with van der Waals surface area (Å²) in [5.74, 6) is 0.843. The second kappa shape index (κ2) is 6.21. The van der Waals surface area contributed by atoms with E-state index in [1.165, 1.54) is 10.5 Å². The third-order valence-corrected chi connectivity index (χ3v) is 5.21. The summed E-state index contributed by atoms with van der Waals surface area (Å²) in [5.41, 5.74) is 3.54. The molecule has 1 atom stereocenters. The largest absolute Gasteiger partial charge is 0.444 e. The van der Waals surface area contributed by atoms with Crippen molar-refractivity contribution in [3.8, 4) is 5.75 Å². The topological polar surface area (TPSA) is 56.8 Å². The molecule has 0 amide bonds. The lowest BCUT2D eigenvalue weighted by Gasteiger charge is -2.27. The van der Waals surface area contributed by atoms with Crippen LogP contribution in [0.1, 0.15) is 16.7 Å². The first-order chi connectivity index (χ1) is 13.2. The van der Waals surface area contributed by atoms with Crippen molar-refractivity contribution in [1.82, 2.24) is 4.98 Å². The van der Waals surface area contributed by atoms with Crippen LogP contribution in [-0.4, -0.2) is 11.7 Å². The summed E-state index contributed by atoms with van der Waals surface area (Å²) in [6.45, 7) is 4.25. The number of nitrogens with zero attached hydrogens (tertiary/aromatic N) is 1. The normalized spacial score (nSPS) is 16.3. The van der Waals surface area contributed by atoms with Crippen LogP contribution in [0.4, 0.5) is 0 Å². The van der Waals surface area contributed by atoms with Crippen LogP contribution in [0.15, 0.2) is 64.1 Å². The molecule has 0 spiro atoms. The minimum atomic E-state index is -0.305. The highest BCUT2D eigenvalue weighted by atomic mass is 16.5. The van der Waals surface area contributed by atoms with E-state index in [2.05, 4.69) is 17.1 Å². The summed E-state index contributed by atoms with van der Waals surface area (Å²) in [7, 11) is 0. The summed E-state index contributed by atoms with van der Waals surface area (Å²) in [6.07, 6.45) is 3.69. The monoisotopic (exact) mass is 359 g/mol. The minimum absolute atomic E-state index is 0.305. The van der Waals surface area contributed by atoms with Gasteiger partial charge < -0.3 is 9.15 Å². The molecule has 0 bridgehead atoms. The number of quaternary nitrogens is 1. The van der Waals surface area contributed by atoms with E-state index in [0.29, 0.717) is 17.7 Å². The van der Waals surface area contributed by atoms with Crippen molar-refractivity contribution in [2.24, 2.45) is 0 Å². The van der Waals surface area contributed by atoms with Crippen LogP contribution in [0.5, 0.6) is 5.75 Å². The van der Waals surface area contributed by atoms with Crippen LogP contribution in [0.25, 0.3) is 21.7 Å². The smallest absolute Gasteiger partial charge is 0.344 e. The standard InChI is InChI=1S/C22H18N2O3/c1-14-20-16(12-24(13-26-20)11-15-5-4-8-23-10-15)9-19-17-6-2-3-7-18(17)22(25)27-21(14)19/h2-10H,11-13H2,1H3/p+1. The zero-order valence-electron chi connectivity index (χ0n) is 15.0. The van der Waals surface area contributed by atoms with Gasteiger partial charge in [0.15, 0.2) is 0 Å². The van der Waals surface area contributed by atoms with Gasteiger partial charge >= 0.3 is 5.63 Å². The lowest BCUT2D eigenvalue weighted by Crippen LogP contribution is -3.10. The third-order valence-electron chi connectivity index (χ3n) is 5.21. The van der Waals surface area contributed by atoms with Crippen LogP contribution in [0.2, 0.25) is 0 Å². The number of aromatic nitrogens is 1. The van der Waals surface area contributed by atoms with E-state index in [4.69, 9.17) is 9.15 Å². The van der Waals surface area contributed by atoms with Gasteiger partial charge in [-0.1, -0.05) is 24.3 Å². The Morgan fingerprint density at radius 3 is 2.78 bits per heavy atom. The third kappa shape index (κ3) is 2.67. The van der Waals surface area contributed by atoms with Gasteiger partial charge in [-0.25, -0.2) is 4.79 Å². The van der Waals surface area contributed by atoms with E-state index in [1.54, 1.807) is 6.20 Å².